The van der Waals surface area contributed by atoms with Crippen molar-refractivity contribution in [2.45, 2.75) is 12.8 Å². The van der Waals surface area contributed by atoms with Crippen molar-refractivity contribution in [3.05, 3.63) is 64.9 Å². The van der Waals surface area contributed by atoms with Crippen molar-refractivity contribution in [2.24, 2.45) is 5.92 Å². The highest BCUT2D eigenvalue weighted by Gasteiger charge is 2.11. The zero-order valence-electron chi connectivity index (χ0n) is 13.4. The number of pyridine rings is 1. The van der Waals surface area contributed by atoms with Gasteiger partial charge in [-0.05, 0) is 42.7 Å². The van der Waals surface area contributed by atoms with Crippen LogP contribution in [-0.4, -0.2) is 35.8 Å². The quantitative estimate of drug-likeness (QED) is 0.686. The maximum absolute atomic E-state index is 11.8. The van der Waals surface area contributed by atoms with Gasteiger partial charge in [0.2, 0.25) is 0 Å². The first-order chi connectivity index (χ1) is 11.7. The summed E-state index contributed by atoms with van der Waals surface area (Å²) in [7, 11) is 0. The summed E-state index contributed by atoms with van der Waals surface area (Å²) in [6.45, 7) is 0.922. The van der Waals surface area contributed by atoms with E-state index < -0.39 is 0 Å². The van der Waals surface area contributed by atoms with Gasteiger partial charge in [0.05, 0.1) is 0 Å². The van der Waals surface area contributed by atoms with E-state index in [1.54, 1.807) is 6.20 Å². The largest absolute Gasteiger partial charge is 0.396 e. The van der Waals surface area contributed by atoms with Crippen molar-refractivity contribution < 1.29 is 9.90 Å². The van der Waals surface area contributed by atoms with Gasteiger partial charge in [0, 0.05) is 42.5 Å². The smallest absolute Gasteiger partial charge is 0.314 e. The number of aliphatic hydroxyl groups is 1. The normalized spacial score (nSPS) is 11.8. The number of halogens is 1. The number of hydrogen-bond donors (Lipinski definition) is 3. The number of benzene rings is 1. The Hall–Kier alpha value is -2.11. The molecule has 1 aromatic carbocycles. The van der Waals surface area contributed by atoms with Gasteiger partial charge >= 0.3 is 6.03 Å². The van der Waals surface area contributed by atoms with Crippen LogP contribution in [0, 0.1) is 5.92 Å². The minimum atomic E-state index is -0.239. The number of nitrogens with one attached hydrogen (secondary N) is 2. The summed E-state index contributed by atoms with van der Waals surface area (Å²) in [4.78, 5) is 16.1. The summed E-state index contributed by atoms with van der Waals surface area (Å²) < 4.78 is 0. The molecule has 6 heteroatoms. The lowest BCUT2D eigenvalue weighted by Crippen LogP contribution is -2.40. The Morgan fingerprint density at radius 1 is 1.21 bits per heavy atom. The van der Waals surface area contributed by atoms with Gasteiger partial charge in [-0.1, -0.05) is 29.8 Å². The molecule has 0 bridgehead atoms. The van der Waals surface area contributed by atoms with Crippen LogP contribution in [0.15, 0.2) is 48.7 Å². The molecule has 5 nitrogen and oxygen atoms in total. The first kappa shape index (κ1) is 18.2. The number of rotatable bonds is 8. The molecule has 1 heterocycles. The number of carbonyl (C=O) groups is 1. The Morgan fingerprint density at radius 2 is 2.08 bits per heavy atom. The summed E-state index contributed by atoms with van der Waals surface area (Å²) in [5.74, 6) is -0.0569. The predicted molar refractivity (Wildman–Crippen MR) is 95.1 cm³/mol. The topological polar surface area (TPSA) is 74.2 Å². The number of nitrogens with zero attached hydrogens (tertiary/aromatic N) is 1. The van der Waals surface area contributed by atoms with Crippen LogP contribution >= 0.6 is 11.6 Å². The van der Waals surface area contributed by atoms with Crippen molar-refractivity contribution in [1.29, 1.82) is 0 Å². The molecule has 1 atom stereocenters. The van der Waals surface area contributed by atoms with Gasteiger partial charge in [-0.25, -0.2) is 4.79 Å². The highest BCUT2D eigenvalue weighted by atomic mass is 35.5. The molecule has 0 saturated carbocycles. The maximum atomic E-state index is 11.8. The first-order valence-corrected chi connectivity index (χ1v) is 8.32. The van der Waals surface area contributed by atoms with Gasteiger partial charge in [0.15, 0.2) is 0 Å². The van der Waals surface area contributed by atoms with Crippen LogP contribution < -0.4 is 10.6 Å². The first-order valence-electron chi connectivity index (χ1n) is 7.94. The van der Waals surface area contributed by atoms with Gasteiger partial charge in [-0.2, -0.15) is 0 Å². The number of aromatic nitrogens is 1. The average molecular weight is 348 g/mol. The molecule has 2 aromatic rings. The molecule has 0 spiro atoms. The second kappa shape index (κ2) is 9.90. The summed E-state index contributed by atoms with van der Waals surface area (Å²) in [5, 5.41) is 15.7. The lowest BCUT2D eigenvalue weighted by atomic mass is 10.0. The Morgan fingerprint density at radius 3 is 2.79 bits per heavy atom. The number of aliphatic hydroxyl groups excluding tert-OH is 1. The predicted octanol–water partition coefficient (Wildman–Crippen LogP) is 2.43. The molecule has 24 heavy (non-hydrogen) atoms. The van der Waals surface area contributed by atoms with Crippen LogP contribution in [0.5, 0.6) is 0 Å². The Labute approximate surface area is 147 Å². The fourth-order valence-corrected chi connectivity index (χ4v) is 2.54. The van der Waals surface area contributed by atoms with Crippen LogP contribution in [0.3, 0.4) is 0 Å². The molecule has 1 aromatic heterocycles. The van der Waals surface area contributed by atoms with Crippen molar-refractivity contribution >= 4 is 17.6 Å². The van der Waals surface area contributed by atoms with Crippen LogP contribution in [0.2, 0.25) is 5.02 Å². The molecule has 0 fully saturated rings. The molecule has 0 saturated heterocycles. The molecule has 1 unspecified atom stereocenters. The highest BCUT2D eigenvalue weighted by molar-refractivity contribution is 6.30. The number of amides is 2. The standard InChI is InChI=1S/C18H22ClN3O2/c19-16-5-3-4-14(10-16)7-9-21-18(24)22-12-15(13-23)11-17-6-1-2-8-20-17/h1-6,8,10,15,23H,7,9,11-13H2,(H2,21,22,24). The van der Waals surface area contributed by atoms with Crippen LogP contribution in [0.25, 0.3) is 0 Å². The Bertz CT molecular complexity index is 637. The third-order valence-corrected chi connectivity index (χ3v) is 3.86. The van der Waals surface area contributed by atoms with E-state index in [-0.39, 0.29) is 18.6 Å². The summed E-state index contributed by atoms with van der Waals surface area (Å²) in [5.41, 5.74) is 1.98. The van der Waals surface area contributed by atoms with Crippen molar-refractivity contribution in [3.8, 4) is 0 Å². The summed E-state index contributed by atoms with van der Waals surface area (Å²) >= 11 is 5.92. The van der Waals surface area contributed by atoms with E-state index in [2.05, 4.69) is 15.6 Å². The minimum absolute atomic E-state index is 0.000626. The Balaban J connectivity index is 1.68. The van der Waals surface area contributed by atoms with E-state index >= 15 is 0 Å². The van der Waals surface area contributed by atoms with Gasteiger partial charge in [0.25, 0.3) is 0 Å². The van der Waals surface area contributed by atoms with Gasteiger partial charge in [-0.3, -0.25) is 4.98 Å². The van der Waals surface area contributed by atoms with E-state index in [1.807, 2.05) is 42.5 Å². The van der Waals surface area contributed by atoms with E-state index in [0.717, 1.165) is 11.3 Å². The number of urea groups is 1. The van der Waals surface area contributed by atoms with Crippen LogP contribution in [0.4, 0.5) is 4.79 Å². The lowest BCUT2D eigenvalue weighted by molar-refractivity contribution is 0.213. The zero-order chi connectivity index (χ0) is 17.2. The number of hydrogen-bond acceptors (Lipinski definition) is 3. The average Bonchev–Trinajstić information content (AvgIpc) is 2.59. The van der Waals surface area contributed by atoms with Crippen molar-refractivity contribution in [2.75, 3.05) is 19.7 Å². The molecular formula is C18H22ClN3O2. The molecule has 128 valence electrons. The maximum Gasteiger partial charge on any atom is 0.314 e. The van der Waals surface area contributed by atoms with Gasteiger partial charge in [0.1, 0.15) is 0 Å². The lowest BCUT2D eigenvalue weighted by Gasteiger charge is -2.15. The molecule has 2 amide bonds. The molecule has 3 N–H and O–H groups in total. The van der Waals surface area contributed by atoms with Crippen molar-refractivity contribution in [1.82, 2.24) is 15.6 Å². The third-order valence-electron chi connectivity index (χ3n) is 3.62. The van der Waals surface area contributed by atoms with E-state index in [0.29, 0.717) is 31.0 Å². The molecular weight excluding hydrogens is 326 g/mol. The highest BCUT2D eigenvalue weighted by Crippen LogP contribution is 2.10. The molecule has 2 rings (SSSR count). The summed E-state index contributed by atoms with van der Waals surface area (Å²) in [6, 6.07) is 13.0. The summed E-state index contributed by atoms with van der Waals surface area (Å²) in [6.07, 6.45) is 3.06. The minimum Gasteiger partial charge on any atom is -0.396 e. The van der Waals surface area contributed by atoms with Gasteiger partial charge < -0.3 is 15.7 Å². The molecule has 0 aliphatic carbocycles. The fourth-order valence-electron chi connectivity index (χ4n) is 2.33. The van der Waals surface area contributed by atoms with Crippen LogP contribution in [0.1, 0.15) is 11.3 Å². The SMILES string of the molecule is O=C(NCCc1cccc(Cl)c1)NCC(CO)Cc1ccccn1. The molecule has 0 radical (unpaired) electrons. The molecule has 0 aliphatic heterocycles. The third kappa shape index (κ3) is 6.56. The monoisotopic (exact) mass is 347 g/mol. The van der Waals surface area contributed by atoms with Crippen LogP contribution in [-0.2, 0) is 12.8 Å². The zero-order valence-corrected chi connectivity index (χ0v) is 14.2. The van der Waals surface area contributed by atoms with E-state index in [1.165, 1.54) is 0 Å². The second-order valence-corrected chi connectivity index (χ2v) is 6.03. The van der Waals surface area contributed by atoms with Gasteiger partial charge in [-0.15, -0.1) is 0 Å². The van der Waals surface area contributed by atoms with E-state index in [4.69, 9.17) is 11.6 Å². The second-order valence-electron chi connectivity index (χ2n) is 5.59. The Kier molecular flexibility index (Phi) is 7.52. The number of carbonyl (C=O) groups excluding carboxylic acids is 1. The fraction of sp³-hybridized carbons (Fsp3) is 0.333. The van der Waals surface area contributed by atoms with Crippen molar-refractivity contribution in [3.63, 3.8) is 0 Å². The van der Waals surface area contributed by atoms with E-state index in [9.17, 15) is 9.90 Å². The molecule has 0 aliphatic rings.